The Kier molecular flexibility index (Phi) is 6.16. The van der Waals surface area contributed by atoms with Gasteiger partial charge in [-0.2, -0.15) is 33.1 Å². The molecule has 3 aromatic heterocycles. The average Bonchev–Trinajstić information content (AvgIpc) is 3.24. The first kappa shape index (κ1) is 23.7. The van der Waals surface area contributed by atoms with Crippen molar-refractivity contribution in [1.82, 2.24) is 35.1 Å². The van der Waals surface area contributed by atoms with Crippen LogP contribution in [-0.4, -0.2) is 35.7 Å². The molecule has 0 saturated carbocycles. The van der Waals surface area contributed by atoms with Crippen LogP contribution < -0.4 is 10.9 Å². The lowest BCUT2D eigenvalue weighted by Gasteiger charge is -2.17. The highest BCUT2D eigenvalue weighted by Gasteiger charge is 2.35. The molecule has 180 valence electrons. The molecular weight excluding hydrogens is 470 g/mol. The third-order valence-corrected chi connectivity index (χ3v) is 5.15. The normalized spacial score (nSPS) is 12.4. The average molecular weight is 487 g/mol. The van der Waals surface area contributed by atoms with E-state index in [1.54, 1.807) is 24.0 Å². The van der Waals surface area contributed by atoms with E-state index in [1.807, 2.05) is 0 Å². The number of rotatable bonds is 5. The van der Waals surface area contributed by atoms with E-state index in [4.69, 9.17) is 0 Å². The molecular formula is C22H17F4N7O2. The Morgan fingerprint density at radius 1 is 1.14 bits per heavy atom. The van der Waals surface area contributed by atoms with Gasteiger partial charge in [-0.1, -0.05) is 12.1 Å². The first-order valence-electron chi connectivity index (χ1n) is 10.1. The van der Waals surface area contributed by atoms with Gasteiger partial charge in [-0.05, 0) is 31.2 Å². The standard InChI is InChI=1S/C22H17F4N7O2/c1-12(14-4-3-5-15(20(14)23)22(24,25)26)29-21(35)16-6-7-19(34)33(31-16)13-10-17(30-27-11-13)18-8-9-28-32(18)2/h3-12H,1-2H3,(H,29,35)/t12-/m1/s1. The van der Waals surface area contributed by atoms with Gasteiger partial charge in [-0.3, -0.25) is 14.3 Å². The van der Waals surface area contributed by atoms with E-state index < -0.39 is 35.1 Å². The Balaban J connectivity index is 1.62. The first-order valence-corrected chi connectivity index (χ1v) is 10.1. The van der Waals surface area contributed by atoms with Gasteiger partial charge in [-0.25, -0.2) is 4.39 Å². The molecule has 0 saturated heterocycles. The number of aryl methyl sites for hydroxylation is 1. The van der Waals surface area contributed by atoms with E-state index in [9.17, 15) is 27.2 Å². The maximum atomic E-state index is 14.4. The van der Waals surface area contributed by atoms with Crippen LogP contribution in [0.15, 0.2) is 59.7 Å². The number of benzene rings is 1. The lowest BCUT2D eigenvalue weighted by molar-refractivity contribution is -0.140. The molecule has 35 heavy (non-hydrogen) atoms. The molecule has 1 aromatic carbocycles. The molecule has 0 fully saturated rings. The fourth-order valence-electron chi connectivity index (χ4n) is 3.39. The number of halogens is 4. The van der Waals surface area contributed by atoms with E-state index in [1.165, 1.54) is 19.2 Å². The fraction of sp³-hybridized carbons (Fsp3) is 0.182. The molecule has 0 spiro atoms. The molecule has 0 aliphatic carbocycles. The molecule has 4 aromatic rings. The summed E-state index contributed by atoms with van der Waals surface area (Å²) in [6.45, 7) is 1.33. The molecule has 4 rings (SSSR count). The highest BCUT2D eigenvalue weighted by Crippen LogP contribution is 2.33. The van der Waals surface area contributed by atoms with Crippen LogP contribution in [0.1, 0.15) is 34.6 Å². The molecule has 13 heteroatoms. The summed E-state index contributed by atoms with van der Waals surface area (Å²) in [5.41, 5.74) is -1.33. The number of nitrogens with one attached hydrogen (secondary N) is 1. The summed E-state index contributed by atoms with van der Waals surface area (Å²) in [6.07, 6.45) is -2.04. The molecule has 3 heterocycles. The van der Waals surface area contributed by atoms with Crippen LogP contribution in [0, 0.1) is 5.82 Å². The monoisotopic (exact) mass is 487 g/mol. The minimum atomic E-state index is -4.88. The third-order valence-electron chi connectivity index (χ3n) is 5.15. The molecule has 9 nitrogen and oxygen atoms in total. The lowest BCUT2D eigenvalue weighted by atomic mass is 10.0. The van der Waals surface area contributed by atoms with Crippen molar-refractivity contribution >= 4 is 5.91 Å². The lowest BCUT2D eigenvalue weighted by Crippen LogP contribution is -2.31. The minimum absolute atomic E-state index is 0.216. The Morgan fingerprint density at radius 2 is 1.91 bits per heavy atom. The van der Waals surface area contributed by atoms with Crippen molar-refractivity contribution in [3.63, 3.8) is 0 Å². The van der Waals surface area contributed by atoms with Gasteiger partial charge in [0.1, 0.15) is 17.2 Å². The second-order valence-corrected chi connectivity index (χ2v) is 7.51. The topological polar surface area (TPSA) is 108 Å². The van der Waals surface area contributed by atoms with E-state index in [-0.39, 0.29) is 16.9 Å². The van der Waals surface area contributed by atoms with Crippen LogP contribution >= 0.6 is 0 Å². The molecule has 1 atom stereocenters. The zero-order valence-corrected chi connectivity index (χ0v) is 18.3. The van der Waals surface area contributed by atoms with E-state index in [0.717, 1.165) is 28.9 Å². The minimum Gasteiger partial charge on any atom is -0.344 e. The largest absolute Gasteiger partial charge is 0.419 e. The summed E-state index contributed by atoms with van der Waals surface area (Å²) in [5, 5.41) is 18.4. The fourth-order valence-corrected chi connectivity index (χ4v) is 3.39. The van der Waals surface area contributed by atoms with E-state index >= 15 is 0 Å². The second kappa shape index (κ2) is 9.08. The Morgan fingerprint density at radius 3 is 2.60 bits per heavy atom. The predicted octanol–water partition coefficient (Wildman–Crippen LogP) is 3.07. The summed E-state index contributed by atoms with van der Waals surface area (Å²) in [7, 11) is 1.70. The molecule has 0 unspecified atom stereocenters. The van der Waals surface area contributed by atoms with Gasteiger partial charge in [0.2, 0.25) is 0 Å². The maximum absolute atomic E-state index is 14.4. The third kappa shape index (κ3) is 4.78. The summed E-state index contributed by atoms with van der Waals surface area (Å²) in [5.74, 6) is -2.30. The number of aromatic nitrogens is 6. The van der Waals surface area contributed by atoms with Gasteiger partial charge in [-0.15, -0.1) is 5.10 Å². The van der Waals surface area contributed by atoms with Crippen LogP contribution in [-0.2, 0) is 13.2 Å². The van der Waals surface area contributed by atoms with Crippen molar-refractivity contribution in [2.45, 2.75) is 19.1 Å². The van der Waals surface area contributed by atoms with Gasteiger partial charge in [0.05, 0.1) is 29.2 Å². The zero-order valence-electron chi connectivity index (χ0n) is 18.3. The molecule has 1 amide bonds. The molecule has 0 aliphatic heterocycles. The Bertz CT molecular complexity index is 1460. The van der Waals surface area contributed by atoms with Crippen LogP contribution in [0.2, 0.25) is 0 Å². The number of hydrogen-bond acceptors (Lipinski definition) is 6. The zero-order chi connectivity index (χ0) is 25.3. The van der Waals surface area contributed by atoms with Gasteiger partial charge in [0.15, 0.2) is 0 Å². The number of carbonyl (C=O) groups is 1. The molecule has 0 bridgehead atoms. The highest BCUT2D eigenvalue weighted by atomic mass is 19.4. The smallest absolute Gasteiger partial charge is 0.344 e. The second-order valence-electron chi connectivity index (χ2n) is 7.51. The van der Waals surface area contributed by atoms with Gasteiger partial charge in [0.25, 0.3) is 11.5 Å². The Hall–Kier alpha value is -4.42. The van der Waals surface area contributed by atoms with Crippen molar-refractivity contribution in [3.05, 3.63) is 87.9 Å². The van der Waals surface area contributed by atoms with Crippen molar-refractivity contribution in [2.75, 3.05) is 0 Å². The quantitative estimate of drug-likeness (QED) is 0.434. The Labute approximate surface area is 195 Å². The van der Waals surface area contributed by atoms with Gasteiger partial charge < -0.3 is 5.32 Å². The van der Waals surface area contributed by atoms with Crippen LogP contribution in [0.3, 0.4) is 0 Å². The van der Waals surface area contributed by atoms with Crippen molar-refractivity contribution in [3.8, 4) is 17.1 Å². The van der Waals surface area contributed by atoms with E-state index in [0.29, 0.717) is 17.5 Å². The van der Waals surface area contributed by atoms with Gasteiger partial charge >= 0.3 is 6.18 Å². The first-order chi connectivity index (χ1) is 16.6. The van der Waals surface area contributed by atoms with Crippen LogP contribution in [0.25, 0.3) is 17.1 Å². The van der Waals surface area contributed by atoms with E-state index in [2.05, 4.69) is 25.7 Å². The summed E-state index contributed by atoms with van der Waals surface area (Å²) < 4.78 is 56.0. The molecule has 1 N–H and O–H groups in total. The summed E-state index contributed by atoms with van der Waals surface area (Å²) in [4.78, 5) is 25.2. The summed E-state index contributed by atoms with van der Waals surface area (Å²) in [6, 6.07) is 7.18. The van der Waals surface area contributed by atoms with Crippen molar-refractivity contribution < 1.29 is 22.4 Å². The van der Waals surface area contributed by atoms with Crippen molar-refractivity contribution in [1.29, 1.82) is 0 Å². The van der Waals surface area contributed by atoms with Gasteiger partial charge in [0, 0.05) is 24.9 Å². The summed E-state index contributed by atoms with van der Waals surface area (Å²) >= 11 is 0. The molecule has 0 aliphatic rings. The number of amides is 1. The number of nitrogens with zero attached hydrogens (tertiary/aromatic N) is 6. The number of alkyl halides is 3. The number of carbonyl (C=O) groups excluding carboxylic acids is 1. The van der Waals surface area contributed by atoms with Crippen molar-refractivity contribution in [2.24, 2.45) is 7.05 Å². The molecule has 0 radical (unpaired) electrons. The maximum Gasteiger partial charge on any atom is 0.419 e. The number of hydrogen-bond donors (Lipinski definition) is 1. The highest BCUT2D eigenvalue weighted by molar-refractivity contribution is 5.92. The van der Waals surface area contributed by atoms with Crippen LogP contribution in [0.5, 0.6) is 0 Å². The van der Waals surface area contributed by atoms with Crippen LogP contribution in [0.4, 0.5) is 17.6 Å². The SMILES string of the molecule is C[C@@H](NC(=O)c1ccc(=O)n(-c2cnnc(-c3ccnn3C)c2)n1)c1cccc(C(F)(F)F)c1F. The predicted molar refractivity (Wildman–Crippen MR) is 115 cm³/mol.